The molecule has 1 aliphatic carbocycles. The summed E-state index contributed by atoms with van der Waals surface area (Å²) in [6, 6.07) is 7.18. The first kappa shape index (κ1) is 30.2. The van der Waals surface area contributed by atoms with E-state index in [0.717, 1.165) is 37.8 Å². The number of fused-ring (bicyclic) bond motifs is 1. The van der Waals surface area contributed by atoms with Gasteiger partial charge in [0.05, 0.1) is 36.1 Å². The summed E-state index contributed by atoms with van der Waals surface area (Å²) in [6.07, 6.45) is 7.22. The molecule has 0 radical (unpaired) electrons. The summed E-state index contributed by atoms with van der Waals surface area (Å²) in [5.74, 6) is 1.46. The molecule has 9 nitrogen and oxygen atoms in total. The lowest BCUT2D eigenvalue weighted by Gasteiger charge is -2.40. The van der Waals surface area contributed by atoms with E-state index >= 15 is 0 Å². The predicted molar refractivity (Wildman–Crippen MR) is 152 cm³/mol. The van der Waals surface area contributed by atoms with Crippen LogP contribution in [0.4, 0.5) is 16.0 Å². The number of carbonyl (C=O) groups is 1. The lowest BCUT2D eigenvalue weighted by molar-refractivity contribution is -0.105. The van der Waals surface area contributed by atoms with Gasteiger partial charge < -0.3 is 25.8 Å². The Kier molecular flexibility index (Phi) is 11.4. The van der Waals surface area contributed by atoms with Gasteiger partial charge in [-0.05, 0) is 75.6 Å². The molecule has 3 heterocycles. The first-order chi connectivity index (χ1) is 19.0. The molecular weight excluding hydrogens is 499 g/mol. The van der Waals surface area contributed by atoms with Crippen molar-refractivity contribution in [3.8, 4) is 5.75 Å². The van der Waals surface area contributed by atoms with Crippen molar-refractivity contribution in [2.24, 2.45) is 5.92 Å². The number of hydrogen-bond acceptors (Lipinski definition) is 8. The van der Waals surface area contributed by atoms with Crippen LogP contribution in [0, 0.1) is 11.7 Å². The van der Waals surface area contributed by atoms with Crippen molar-refractivity contribution in [3.63, 3.8) is 0 Å². The fraction of sp³-hybridized carbons (Fsp3) is 0.517. The van der Waals surface area contributed by atoms with E-state index in [-0.39, 0.29) is 11.4 Å². The summed E-state index contributed by atoms with van der Waals surface area (Å²) in [6.45, 7) is 7.49. The summed E-state index contributed by atoms with van der Waals surface area (Å²) in [7, 11) is 1.72. The number of nitrogens with one attached hydrogen (secondary N) is 2. The molecule has 10 heteroatoms. The molecule has 212 valence electrons. The van der Waals surface area contributed by atoms with Crippen LogP contribution in [0.25, 0.3) is 11.0 Å². The van der Waals surface area contributed by atoms with Gasteiger partial charge >= 0.3 is 0 Å². The Bertz CT molecular complexity index is 1210. The minimum Gasteiger partial charge on any atom is -0.490 e. The molecule has 3 aromatic heterocycles. The van der Waals surface area contributed by atoms with Gasteiger partial charge in [0.1, 0.15) is 11.6 Å². The van der Waals surface area contributed by atoms with Gasteiger partial charge in [-0.25, -0.2) is 14.4 Å². The van der Waals surface area contributed by atoms with E-state index in [1.54, 1.807) is 19.2 Å². The molecular formula is C29H41FN6O3. The smallest absolute Gasteiger partial charge is 0.212 e. The predicted octanol–water partition coefficient (Wildman–Crippen LogP) is 5.04. The monoisotopic (exact) mass is 540 g/mol. The standard InChI is InChI=1S/C27H35FN6O3.C2H6/c1-3-37-23-8-5-19(33-26(23)31-17-35)14-32-27(16-36-2)12-10-18(11-13-27)4-6-20-21(28)15-30-22-7-9-24(29)34-25(20)22;1-2/h5,7-9,15,17-18,32H,3-4,6,10-14,16H2,1-2H3,(H2,29,34)(H,31,33,35);1-2H3. The summed E-state index contributed by atoms with van der Waals surface area (Å²) < 4.78 is 25.8. The fourth-order valence-electron chi connectivity index (χ4n) is 5.16. The second-order valence-corrected chi connectivity index (χ2v) is 9.58. The molecule has 0 atom stereocenters. The molecule has 1 aliphatic rings. The summed E-state index contributed by atoms with van der Waals surface area (Å²) in [5, 5.41) is 6.28. The van der Waals surface area contributed by atoms with Crippen molar-refractivity contribution in [2.75, 3.05) is 31.4 Å². The van der Waals surface area contributed by atoms with E-state index in [0.29, 0.717) is 72.5 Å². The van der Waals surface area contributed by atoms with Crippen molar-refractivity contribution in [2.45, 2.75) is 71.4 Å². The molecule has 1 amide bonds. The zero-order valence-electron chi connectivity index (χ0n) is 23.4. The van der Waals surface area contributed by atoms with Gasteiger partial charge in [0.15, 0.2) is 11.6 Å². The zero-order valence-corrected chi connectivity index (χ0v) is 23.4. The number of nitrogens with two attached hydrogens (primary N) is 1. The number of halogens is 1. The molecule has 0 saturated heterocycles. The Morgan fingerprint density at radius 2 is 1.95 bits per heavy atom. The molecule has 4 N–H and O–H groups in total. The normalized spacial score (nSPS) is 18.7. The third-order valence-electron chi connectivity index (χ3n) is 7.13. The van der Waals surface area contributed by atoms with Crippen molar-refractivity contribution in [1.82, 2.24) is 20.3 Å². The SMILES string of the molecule is CC.CCOc1ccc(CNC2(COC)CCC(CCc3c(F)cnc4ccc(N)nc34)CC2)nc1NC=O. The van der Waals surface area contributed by atoms with Gasteiger partial charge in [0.2, 0.25) is 6.41 Å². The second-order valence-electron chi connectivity index (χ2n) is 9.58. The average Bonchev–Trinajstić information content (AvgIpc) is 2.95. The highest BCUT2D eigenvalue weighted by molar-refractivity contribution is 5.79. The quantitative estimate of drug-likeness (QED) is 0.273. The van der Waals surface area contributed by atoms with Crippen molar-refractivity contribution < 1.29 is 18.7 Å². The lowest BCUT2D eigenvalue weighted by Crippen LogP contribution is -2.51. The van der Waals surface area contributed by atoms with Gasteiger partial charge in [-0.2, -0.15) is 0 Å². The number of carbonyl (C=O) groups excluding carboxylic acids is 1. The minimum absolute atomic E-state index is 0.172. The number of methoxy groups -OCH3 is 1. The van der Waals surface area contributed by atoms with Crippen LogP contribution in [0.15, 0.2) is 30.5 Å². The number of aryl methyl sites for hydroxylation is 1. The van der Waals surface area contributed by atoms with Crippen LogP contribution in [-0.2, 0) is 22.5 Å². The van der Waals surface area contributed by atoms with Crippen LogP contribution in [0.3, 0.4) is 0 Å². The number of pyridine rings is 3. The number of aromatic nitrogens is 3. The van der Waals surface area contributed by atoms with Gasteiger partial charge in [0.25, 0.3) is 0 Å². The van der Waals surface area contributed by atoms with E-state index in [1.807, 2.05) is 32.9 Å². The van der Waals surface area contributed by atoms with Crippen LogP contribution in [0.2, 0.25) is 0 Å². The maximum atomic E-state index is 14.6. The zero-order chi connectivity index (χ0) is 28.3. The number of rotatable bonds is 12. The number of nitrogen functional groups attached to an aromatic ring is 1. The van der Waals surface area contributed by atoms with Crippen LogP contribution in [-0.4, -0.2) is 47.2 Å². The van der Waals surface area contributed by atoms with E-state index in [9.17, 15) is 9.18 Å². The molecule has 39 heavy (non-hydrogen) atoms. The molecule has 0 bridgehead atoms. The third kappa shape index (κ3) is 7.83. The summed E-state index contributed by atoms with van der Waals surface area (Å²) in [5.41, 5.74) is 8.28. The first-order valence-electron chi connectivity index (χ1n) is 13.7. The number of amides is 1. The Morgan fingerprint density at radius 1 is 1.18 bits per heavy atom. The van der Waals surface area contributed by atoms with Gasteiger partial charge in [-0.1, -0.05) is 13.8 Å². The topological polar surface area (TPSA) is 124 Å². The Morgan fingerprint density at radius 3 is 2.64 bits per heavy atom. The molecule has 3 aromatic rings. The second kappa shape index (κ2) is 14.7. The lowest BCUT2D eigenvalue weighted by atomic mass is 9.75. The van der Waals surface area contributed by atoms with Crippen molar-refractivity contribution in [3.05, 3.63) is 47.5 Å². The molecule has 0 aliphatic heterocycles. The molecule has 4 rings (SSSR count). The molecule has 1 fully saturated rings. The van der Waals surface area contributed by atoms with Gasteiger partial charge in [-0.15, -0.1) is 0 Å². The van der Waals surface area contributed by atoms with Gasteiger partial charge in [-0.3, -0.25) is 9.78 Å². The van der Waals surface area contributed by atoms with Crippen molar-refractivity contribution in [1.29, 1.82) is 0 Å². The number of ether oxygens (including phenoxy) is 2. The van der Waals surface area contributed by atoms with Crippen molar-refractivity contribution >= 4 is 29.1 Å². The largest absolute Gasteiger partial charge is 0.490 e. The maximum absolute atomic E-state index is 14.6. The Hall–Kier alpha value is -3.37. The third-order valence-corrected chi connectivity index (χ3v) is 7.13. The molecule has 0 unspecified atom stereocenters. The molecule has 0 aromatic carbocycles. The fourth-order valence-corrected chi connectivity index (χ4v) is 5.16. The van der Waals surface area contributed by atoms with E-state index in [1.165, 1.54) is 6.20 Å². The Balaban J connectivity index is 0.00000205. The summed E-state index contributed by atoms with van der Waals surface area (Å²) >= 11 is 0. The Labute approximate surface area is 230 Å². The highest BCUT2D eigenvalue weighted by atomic mass is 19.1. The highest BCUT2D eigenvalue weighted by Gasteiger charge is 2.35. The summed E-state index contributed by atoms with van der Waals surface area (Å²) in [4.78, 5) is 24.0. The number of hydrogen-bond donors (Lipinski definition) is 3. The maximum Gasteiger partial charge on any atom is 0.212 e. The van der Waals surface area contributed by atoms with Crippen LogP contribution < -0.4 is 21.1 Å². The van der Waals surface area contributed by atoms with Crippen LogP contribution in [0.5, 0.6) is 5.75 Å². The average molecular weight is 541 g/mol. The molecule has 0 spiro atoms. The number of nitrogens with zero attached hydrogens (tertiary/aromatic N) is 3. The van der Waals surface area contributed by atoms with Crippen LogP contribution in [0.1, 0.15) is 64.1 Å². The van der Waals surface area contributed by atoms with E-state index in [4.69, 9.17) is 15.2 Å². The minimum atomic E-state index is -0.330. The van der Waals surface area contributed by atoms with E-state index < -0.39 is 0 Å². The first-order valence-corrected chi connectivity index (χ1v) is 13.7. The highest BCUT2D eigenvalue weighted by Crippen LogP contribution is 2.36. The number of anilines is 2. The molecule has 1 saturated carbocycles. The van der Waals surface area contributed by atoms with Gasteiger partial charge in [0, 0.05) is 24.8 Å². The van der Waals surface area contributed by atoms with E-state index in [2.05, 4.69) is 25.6 Å². The van der Waals surface area contributed by atoms with Crippen LogP contribution >= 0.6 is 0 Å².